The van der Waals surface area contributed by atoms with Crippen molar-refractivity contribution in [3.05, 3.63) is 30.1 Å². The molecule has 6 heteroatoms. The molecule has 134 valence electrons. The number of likely N-dealkylation sites (tertiary alicyclic amines) is 1. The standard InChI is InChI=1S/C19H27N5O/c1-14(13-24-8-4-3-5-9-24)10-19(25)21-18-11-17(22-23-18)16-7-6-15(2)20-12-16/h6-7,11-12,14H,3-5,8-10,13H2,1-2H3,(H2,21,22,23,25). The molecule has 1 unspecified atom stereocenters. The van der Waals surface area contributed by atoms with Crippen molar-refractivity contribution in [3.63, 3.8) is 0 Å². The maximum Gasteiger partial charge on any atom is 0.225 e. The molecule has 0 spiro atoms. The predicted molar refractivity (Wildman–Crippen MR) is 99.3 cm³/mol. The number of nitrogens with zero attached hydrogens (tertiary/aromatic N) is 3. The van der Waals surface area contributed by atoms with E-state index >= 15 is 0 Å². The number of hydrogen-bond donors (Lipinski definition) is 2. The number of amides is 1. The molecule has 2 aromatic rings. The second kappa shape index (κ2) is 8.25. The van der Waals surface area contributed by atoms with Gasteiger partial charge in [-0.2, -0.15) is 5.10 Å². The lowest BCUT2D eigenvalue weighted by molar-refractivity contribution is -0.117. The minimum absolute atomic E-state index is 0.0294. The highest BCUT2D eigenvalue weighted by Gasteiger charge is 2.16. The van der Waals surface area contributed by atoms with E-state index < -0.39 is 0 Å². The Morgan fingerprint density at radius 2 is 2.12 bits per heavy atom. The number of nitrogens with one attached hydrogen (secondary N) is 2. The topological polar surface area (TPSA) is 73.9 Å². The quantitative estimate of drug-likeness (QED) is 0.846. The van der Waals surface area contributed by atoms with Gasteiger partial charge in [-0.05, 0) is 50.9 Å². The lowest BCUT2D eigenvalue weighted by Crippen LogP contribution is -2.34. The van der Waals surface area contributed by atoms with E-state index in [1.807, 2.05) is 25.1 Å². The third-order valence-electron chi connectivity index (χ3n) is 4.61. The van der Waals surface area contributed by atoms with Crippen molar-refractivity contribution in [1.29, 1.82) is 0 Å². The van der Waals surface area contributed by atoms with Crippen molar-refractivity contribution in [2.24, 2.45) is 5.92 Å². The van der Waals surface area contributed by atoms with Crippen molar-refractivity contribution in [2.75, 3.05) is 25.0 Å². The fraction of sp³-hybridized carbons (Fsp3) is 0.526. The summed E-state index contributed by atoms with van der Waals surface area (Å²) in [4.78, 5) is 19.0. The third-order valence-corrected chi connectivity index (χ3v) is 4.61. The molecule has 1 aliphatic heterocycles. The molecule has 1 fully saturated rings. The lowest BCUT2D eigenvalue weighted by Gasteiger charge is -2.28. The molecule has 1 saturated heterocycles. The van der Waals surface area contributed by atoms with Gasteiger partial charge < -0.3 is 10.2 Å². The number of pyridine rings is 1. The molecule has 25 heavy (non-hydrogen) atoms. The van der Waals surface area contributed by atoms with Gasteiger partial charge >= 0.3 is 0 Å². The van der Waals surface area contributed by atoms with Crippen LogP contribution >= 0.6 is 0 Å². The zero-order chi connectivity index (χ0) is 17.6. The Bertz CT molecular complexity index is 688. The van der Waals surface area contributed by atoms with Gasteiger partial charge in [-0.25, -0.2) is 0 Å². The van der Waals surface area contributed by atoms with Gasteiger partial charge in [-0.15, -0.1) is 0 Å². The molecule has 2 aromatic heterocycles. The van der Waals surface area contributed by atoms with Crippen LogP contribution in [0.5, 0.6) is 0 Å². The highest BCUT2D eigenvalue weighted by Crippen LogP contribution is 2.19. The van der Waals surface area contributed by atoms with Gasteiger partial charge in [0.15, 0.2) is 0 Å². The Morgan fingerprint density at radius 3 is 2.84 bits per heavy atom. The average Bonchev–Trinajstić information content (AvgIpc) is 3.04. The van der Waals surface area contributed by atoms with Gasteiger partial charge in [0.25, 0.3) is 0 Å². The van der Waals surface area contributed by atoms with Crippen LogP contribution in [0.4, 0.5) is 5.82 Å². The molecule has 2 N–H and O–H groups in total. The highest BCUT2D eigenvalue weighted by molar-refractivity contribution is 5.90. The second-order valence-electron chi connectivity index (χ2n) is 7.07. The first-order valence-electron chi connectivity index (χ1n) is 9.11. The van der Waals surface area contributed by atoms with E-state index in [4.69, 9.17) is 0 Å². The number of aromatic nitrogens is 3. The van der Waals surface area contributed by atoms with Crippen molar-refractivity contribution in [3.8, 4) is 11.3 Å². The molecule has 0 aliphatic carbocycles. The zero-order valence-corrected chi connectivity index (χ0v) is 15.1. The Balaban J connectivity index is 1.50. The normalized spacial score (nSPS) is 16.6. The van der Waals surface area contributed by atoms with Crippen LogP contribution in [-0.4, -0.2) is 45.6 Å². The van der Waals surface area contributed by atoms with Crippen LogP contribution in [0.15, 0.2) is 24.4 Å². The van der Waals surface area contributed by atoms with Crippen LogP contribution in [0, 0.1) is 12.8 Å². The number of aryl methyl sites for hydroxylation is 1. The Hall–Kier alpha value is -2.21. The number of anilines is 1. The molecular formula is C19H27N5O. The first-order chi connectivity index (χ1) is 12.1. The van der Waals surface area contributed by atoms with E-state index in [9.17, 15) is 4.79 Å². The van der Waals surface area contributed by atoms with Crippen LogP contribution < -0.4 is 5.32 Å². The Labute approximate surface area is 149 Å². The van der Waals surface area contributed by atoms with Crippen LogP contribution in [-0.2, 0) is 4.79 Å². The summed E-state index contributed by atoms with van der Waals surface area (Å²) in [5.74, 6) is 1.01. The predicted octanol–water partition coefficient (Wildman–Crippen LogP) is 3.23. The van der Waals surface area contributed by atoms with Crippen LogP contribution in [0.2, 0.25) is 0 Å². The fourth-order valence-electron chi connectivity index (χ4n) is 3.32. The molecule has 3 heterocycles. The number of carbonyl (C=O) groups excluding carboxylic acids is 1. The van der Waals surface area contributed by atoms with E-state index in [1.54, 1.807) is 6.20 Å². The molecule has 6 nitrogen and oxygen atoms in total. The van der Waals surface area contributed by atoms with Crippen molar-refractivity contribution in [2.45, 2.75) is 39.5 Å². The number of H-pyrrole nitrogens is 1. The van der Waals surface area contributed by atoms with E-state index in [2.05, 4.69) is 32.3 Å². The van der Waals surface area contributed by atoms with Crippen molar-refractivity contribution in [1.82, 2.24) is 20.1 Å². The molecular weight excluding hydrogens is 314 g/mol. The molecule has 0 saturated carbocycles. The van der Waals surface area contributed by atoms with Crippen molar-refractivity contribution >= 4 is 11.7 Å². The molecule has 1 amide bonds. The van der Waals surface area contributed by atoms with Crippen molar-refractivity contribution < 1.29 is 4.79 Å². The molecule has 0 radical (unpaired) electrons. The van der Waals surface area contributed by atoms with E-state index in [-0.39, 0.29) is 5.91 Å². The number of aromatic amines is 1. The Morgan fingerprint density at radius 1 is 1.32 bits per heavy atom. The summed E-state index contributed by atoms with van der Waals surface area (Å²) in [7, 11) is 0. The monoisotopic (exact) mass is 341 g/mol. The average molecular weight is 341 g/mol. The van der Waals surface area contributed by atoms with Gasteiger partial charge in [0.1, 0.15) is 5.82 Å². The largest absolute Gasteiger partial charge is 0.311 e. The summed E-state index contributed by atoms with van der Waals surface area (Å²) in [6, 6.07) is 5.77. The van der Waals surface area contributed by atoms with Gasteiger partial charge in [0, 0.05) is 36.5 Å². The molecule has 0 aromatic carbocycles. The number of carbonyl (C=O) groups is 1. The first kappa shape index (κ1) is 17.6. The number of rotatable bonds is 6. The lowest BCUT2D eigenvalue weighted by atomic mass is 10.0. The van der Waals surface area contributed by atoms with Gasteiger partial charge in [-0.1, -0.05) is 13.3 Å². The zero-order valence-electron chi connectivity index (χ0n) is 15.1. The minimum atomic E-state index is 0.0294. The first-order valence-corrected chi connectivity index (χ1v) is 9.11. The summed E-state index contributed by atoms with van der Waals surface area (Å²) in [5, 5.41) is 10.1. The maximum atomic E-state index is 12.3. The van der Waals surface area contributed by atoms with Crippen LogP contribution in [0.1, 0.15) is 38.3 Å². The second-order valence-corrected chi connectivity index (χ2v) is 7.07. The van der Waals surface area contributed by atoms with E-state index in [0.717, 1.165) is 23.5 Å². The molecule has 3 rings (SSSR count). The number of piperidine rings is 1. The summed E-state index contributed by atoms with van der Waals surface area (Å²) >= 11 is 0. The minimum Gasteiger partial charge on any atom is -0.311 e. The van der Waals surface area contributed by atoms with Gasteiger partial charge in [0.05, 0.1) is 5.69 Å². The summed E-state index contributed by atoms with van der Waals surface area (Å²) < 4.78 is 0. The Kier molecular flexibility index (Phi) is 5.81. The smallest absolute Gasteiger partial charge is 0.225 e. The summed E-state index contributed by atoms with van der Waals surface area (Å²) in [5.41, 5.74) is 2.68. The fourth-order valence-corrected chi connectivity index (χ4v) is 3.32. The summed E-state index contributed by atoms with van der Waals surface area (Å²) in [6.45, 7) is 7.42. The number of hydrogen-bond acceptors (Lipinski definition) is 4. The van der Waals surface area contributed by atoms with E-state index in [1.165, 1.54) is 32.4 Å². The maximum absolute atomic E-state index is 12.3. The van der Waals surface area contributed by atoms with Gasteiger partial charge in [0.2, 0.25) is 5.91 Å². The molecule has 0 bridgehead atoms. The van der Waals surface area contributed by atoms with Gasteiger partial charge in [-0.3, -0.25) is 14.9 Å². The molecule has 1 aliphatic rings. The molecule has 1 atom stereocenters. The third kappa shape index (κ3) is 5.13. The summed E-state index contributed by atoms with van der Waals surface area (Å²) in [6.07, 6.45) is 6.21. The highest BCUT2D eigenvalue weighted by atomic mass is 16.1. The van der Waals surface area contributed by atoms with E-state index in [0.29, 0.717) is 18.2 Å². The van der Waals surface area contributed by atoms with Crippen LogP contribution in [0.25, 0.3) is 11.3 Å². The van der Waals surface area contributed by atoms with Crippen LogP contribution in [0.3, 0.4) is 0 Å². The SMILES string of the molecule is Cc1ccc(-c2cc(NC(=O)CC(C)CN3CCCCC3)[nH]n2)cn1.